The smallest absolute Gasteiger partial charge is 0.0566 e. The Morgan fingerprint density at radius 2 is 0.629 bits per heavy atom. The minimum atomic E-state index is -0.681. The van der Waals surface area contributed by atoms with Crippen molar-refractivity contribution in [3.63, 3.8) is 0 Å². The molecule has 0 heterocycles. The van der Waals surface area contributed by atoms with Crippen molar-refractivity contribution in [1.29, 1.82) is 0 Å². The van der Waals surface area contributed by atoms with Gasteiger partial charge in [-0.2, -0.15) is 0 Å². The van der Waals surface area contributed by atoms with E-state index in [9.17, 15) is 0 Å². The van der Waals surface area contributed by atoms with Crippen molar-refractivity contribution in [2.45, 2.75) is 11.3 Å². The van der Waals surface area contributed by atoms with Crippen LogP contribution in [0.3, 0.4) is 0 Å². The number of rotatable bonds is 8. The molecule has 0 radical (unpaired) electrons. The quantitative estimate of drug-likeness (QED) is 0.133. The first-order valence-electron chi connectivity index (χ1n) is 24.4. The molecule has 0 saturated heterocycles. The molecule has 0 nitrogen and oxygen atoms in total. The molecule has 0 bridgehead atoms. The van der Waals surface area contributed by atoms with E-state index in [1.54, 1.807) is 0 Å². The zero-order valence-corrected chi connectivity index (χ0v) is 38.7. The van der Waals surface area contributed by atoms with Crippen LogP contribution in [0.2, 0.25) is 0 Å². The van der Waals surface area contributed by atoms with E-state index in [1.165, 1.54) is 115 Å². The van der Waals surface area contributed by atoms with Gasteiger partial charge < -0.3 is 0 Å². The summed E-state index contributed by atoms with van der Waals surface area (Å²) in [6, 6.07) is 104. The predicted octanol–water partition coefficient (Wildman–Crippen LogP) is 18.4. The van der Waals surface area contributed by atoms with Crippen molar-refractivity contribution >= 4 is 59.8 Å². The summed E-state index contributed by atoms with van der Waals surface area (Å²) in [4.78, 5) is 0. The Bertz CT molecular complexity index is 3830. The molecular weight excluding hydrogens is 841 g/mol. The van der Waals surface area contributed by atoms with E-state index < -0.39 is 5.41 Å². The van der Waals surface area contributed by atoms with Crippen LogP contribution in [0.4, 0.5) is 0 Å². The maximum absolute atomic E-state index is 2.60. The minimum absolute atomic E-state index is 0.111. The molecule has 0 N–H and O–H groups in total. The zero-order valence-electron chi connectivity index (χ0n) is 38.7. The first-order valence-corrected chi connectivity index (χ1v) is 24.4. The summed E-state index contributed by atoms with van der Waals surface area (Å²) in [5, 5.41) is 10.0. The van der Waals surface area contributed by atoms with Crippen molar-refractivity contribution in [3.05, 3.63) is 319 Å². The number of fused-ring (bicyclic) bond motifs is 4. The molecule has 0 aromatic heterocycles. The lowest BCUT2D eigenvalue weighted by Crippen LogP contribution is -2.38. The zero-order chi connectivity index (χ0) is 46.4. The molecule has 2 unspecified atom stereocenters. The molecule has 0 amide bonds. The second kappa shape index (κ2) is 17.4. The molecule has 12 aromatic rings. The summed E-state index contributed by atoms with van der Waals surface area (Å²) < 4.78 is 0. The number of benzene rings is 12. The highest BCUT2D eigenvalue weighted by Gasteiger charge is 2.50. The van der Waals surface area contributed by atoms with Gasteiger partial charge in [0.25, 0.3) is 0 Å². The Morgan fingerprint density at radius 1 is 0.271 bits per heavy atom. The fourth-order valence-corrected chi connectivity index (χ4v) is 11.9. The predicted molar refractivity (Wildman–Crippen MR) is 298 cm³/mol. The Morgan fingerprint density at radius 3 is 1.10 bits per heavy atom. The Kier molecular flexibility index (Phi) is 10.3. The van der Waals surface area contributed by atoms with Crippen molar-refractivity contribution in [3.8, 4) is 22.3 Å². The average molecular weight is 889 g/mol. The third-order valence-electron chi connectivity index (χ3n) is 14.9. The second-order valence-electron chi connectivity index (χ2n) is 18.7. The van der Waals surface area contributed by atoms with Crippen molar-refractivity contribution < 1.29 is 0 Å². The molecule has 2 atom stereocenters. The standard InChI is InChI=1S/C70H48/c1-5-21-49(22-6-1)65-47-64(48-37-39-51(40-38-48)66-60-33-17-13-27-54(60)45-55-28-14-18-34-61(55)66)68(50-23-7-2-8-24-50)69(53-25-9-3-10-26-53)70(65,58-31-11-4-12-32-58)59-43-41-52(42-44-59)67-62-35-19-15-29-56(62)46-57-30-16-20-36-63(57)67/h1-47,65H. The van der Waals surface area contributed by atoms with E-state index in [-0.39, 0.29) is 5.92 Å². The van der Waals surface area contributed by atoms with Crippen LogP contribution in [0.1, 0.15) is 39.3 Å². The summed E-state index contributed by atoms with van der Waals surface area (Å²) in [6.07, 6.45) is 2.60. The summed E-state index contributed by atoms with van der Waals surface area (Å²) in [6.45, 7) is 0. The van der Waals surface area contributed by atoms with Gasteiger partial charge >= 0.3 is 0 Å². The Labute approximate surface area is 409 Å². The lowest BCUT2D eigenvalue weighted by Gasteiger charge is -2.48. The van der Waals surface area contributed by atoms with Crippen LogP contribution in [0.15, 0.2) is 285 Å². The number of hydrogen-bond donors (Lipinski definition) is 0. The summed E-state index contributed by atoms with van der Waals surface area (Å²) >= 11 is 0. The van der Waals surface area contributed by atoms with E-state index >= 15 is 0 Å². The molecule has 0 spiro atoms. The third kappa shape index (κ3) is 6.83. The monoisotopic (exact) mass is 888 g/mol. The van der Waals surface area contributed by atoms with Gasteiger partial charge in [0.2, 0.25) is 0 Å². The molecule has 1 aliphatic rings. The molecule has 0 aliphatic heterocycles. The van der Waals surface area contributed by atoms with Crippen LogP contribution in [-0.2, 0) is 5.41 Å². The van der Waals surface area contributed by atoms with Gasteiger partial charge in [0.05, 0.1) is 5.41 Å². The van der Waals surface area contributed by atoms with Gasteiger partial charge in [-0.15, -0.1) is 0 Å². The number of hydrogen-bond acceptors (Lipinski definition) is 0. The highest BCUT2D eigenvalue weighted by molar-refractivity contribution is 6.20. The summed E-state index contributed by atoms with van der Waals surface area (Å²) in [5.41, 5.74) is 15.3. The maximum atomic E-state index is 2.60. The largest absolute Gasteiger partial charge is 0.0669 e. The van der Waals surface area contributed by atoms with Gasteiger partial charge in [-0.05, 0) is 128 Å². The van der Waals surface area contributed by atoms with E-state index in [0.29, 0.717) is 0 Å². The van der Waals surface area contributed by atoms with Gasteiger partial charge in [-0.25, -0.2) is 0 Å². The Balaban J connectivity index is 1.10. The van der Waals surface area contributed by atoms with Gasteiger partial charge in [0, 0.05) is 5.92 Å². The van der Waals surface area contributed by atoms with Gasteiger partial charge in [-0.3, -0.25) is 0 Å². The second-order valence-corrected chi connectivity index (χ2v) is 18.7. The normalized spacial score (nSPS) is 15.9. The van der Waals surface area contributed by atoms with E-state index in [2.05, 4.69) is 285 Å². The Hall–Kier alpha value is -8.84. The maximum Gasteiger partial charge on any atom is 0.0566 e. The van der Waals surface area contributed by atoms with Gasteiger partial charge in [0.15, 0.2) is 0 Å². The molecule has 328 valence electrons. The molecule has 12 aromatic carbocycles. The lowest BCUT2D eigenvalue weighted by molar-refractivity contribution is 0.587. The highest BCUT2D eigenvalue weighted by atomic mass is 14.5. The molecular formula is C70H48. The van der Waals surface area contributed by atoms with Crippen LogP contribution in [0.25, 0.3) is 82.1 Å². The van der Waals surface area contributed by atoms with Crippen molar-refractivity contribution in [2.24, 2.45) is 0 Å². The molecule has 13 rings (SSSR count). The first-order chi connectivity index (χ1) is 34.7. The molecule has 70 heavy (non-hydrogen) atoms. The topological polar surface area (TPSA) is 0 Å². The van der Waals surface area contributed by atoms with Crippen LogP contribution >= 0.6 is 0 Å². The SMILES string of the molecule is C1=C(c2ccc(-c3c4ccccc4cc4ccccc34)cc2)C(c2ccccc2)=C(c2ccccc2)C(c2ccccc2)(c2ccc(-c3c4ccccc4cc4ccccc34)cc2)C1c1ccccc1. The molecule has 0 saturated carbocycles. The fourth-order valence-electron chi connectivity index (χ4n) is 11.9. The van der Waals surface area contributed by atoms with Crippen LogP contribution < -0.4 is 0 Å². The van der Waals surface area contributed by atoms with Gasteiger partial charge in [0.1, 0.15) is 0 Å². The van der Waals surface area contributed by atoms with Crippen molar-refractivity contribution in [2.75, 3.05) is 0 Å². The molecule has 1 aliphatic carbocycles. The van der Waals surface area contributed by atoms with E-state index in [0.717, 1.165) is 0 Å². The summed E-state index contributed by atoms with van der Waals surface area (Å²) in [7, 11) is 0. The van der Waals surface area contributed by atoms with Crippen LogP contribution in [0, 0.1) is 0 Å². The minimum Gasteiger partial charge on any atom is -0.0669 e. The van der Waals surface area contributed by atoms with Crippen LogP contribution in [0.5, 0.6) is 0 Å². The molecule has 0 fully saturated rings. The first kappa shape index (κ1) is 41.4. The average Bonchev–Trinajstić information content (AvgIpc) is 3.44. The van der Waals surface area contributed by atoms with Crippen molar-refractivity contribution in [1.82, 2.24) is 0 Å². The van der Waals surface area contributed by atoms with Crippen LogP contribution in [-0.4, -0.2) is 0 Å². The van der Waals surface area contributed by atoms with E-state index in [1.807, 2.05) is 0 Å². The highest BCUT2D eigenvalue weighted by Crippen LogP contribution is 2.61. The fraction of sp³-hybridized carbons (Fsp3) is 0.0286. The van der Waals surface area contributed by atoms with Gasteiger partial charge in [-0.1, -0.05) is 273 Å². The summed E-state index contributed by atoms with van der Waals surface area (Å²) in [5.74, 6) is -0.111. The third-order valence-corrected chi connectivity index (χ3v) is 14.9. The number of allylic oxidation sites excluding steroid dienone is 4. The lowest BCUT2D eigenvalue weighted by atomic mass is 9.53. The van der Waals surface area contributed by atoms with E-state index in [4.69, 9.17) is 0 Å². The molecule has 0 heteroatoms.